The molecule has 30 heavy (non-hydrogen) atoms. The first-order valence-corrected chi connectivity index (χ1v) is 9.72. The minimum atomic E-state index is -0.443. The number of carbonyl (C=O) groups is 1. The molecule has 3 rings (SSSR count). The molecule has 0 aliphatic carbocycles. The van der Waals surface area contributed by atoms with Crippen molar-refractivity contribution in [2.45, 2.75) is 34.4 Å². The maximum Gasteiger partial charge on any atom is 0.312 e. The summed E-state index contributed by atoms with van der Waals surface area (Å²) in [5, 5.41) is 22.4. The molecule has 1 aromatic carbocycles. The normalized spacial score (nSPS) is 10.8. The van der Waals surface area contributed by atoms with E-state index >= 15 is 0 Å². The molecular formula is C20H25N7O3. The SMILES string of the molecule is CCN(CC)c1ccc(NC(=O)c2ccn(Cn3nc(C)c([N+](=O)[O-])c3C)n2)cc1. The quantitative estimate of drug-likeness (QED) is 0.450. The molecule has 2 aromatic heterocycles. The van der Waals surface area contributed by atoms with Crippen LogP contribution in [0.25, 0.3) is 0 Å². The van der Waals surface area contributed by atoms with E-state index in [-0.39, 0.29) is 24.0 Å². The van der Waals surface area contributed by atoms with E-state index in [2.05, 4.69) is 34.3 Å². The Morgan fingerprint density at radius 1 is 1.13 bits per heavy atom. The van der Waals surface area contributed by atoms with Gasteiger partial charge in [0.15, 0.2) is 5.69 Å². The number of nitrogens with one attached hydrogen (secondary N) is 1. The van der Waals surface area contributed by atoms with Crippen molar-refractivity contribution >= 4 is 23.0 Å². The van der Waals surface area contributed by atoms with E-state index < -0.39 is 4.92 Å². The number of hydrogen-bond donors (Lipinski definition) is 1. The Hall–Kier alpha value is -3.69. The van der Waals surface area contributed by atoms with Gasteiger partial charge in [-0.2, -0.15) is 10.2 Å². The van der Waals surface area contributed by atoms with Crippen molar-refractivity contribution in [3.05, 3.63) is 63.7 Å². The molecule has 158 valence electrons. The second-order valence-corrected chi connectivity index (χ2v) is 6.83. The minimum absolute atomic E-state index is 0.00622. The summed E-state index contributed by atoms with van der Waals surface area (Å²) in [4.78, 5) is 25.4. The van der Waals surface area contributed by atoms with Crippen LogP contribution < -0.4 is 10.2 Å². The van der Waals surface area contributed by atoms with Crippen LogP contribution in [0.4, 0.5) is 17.1 Å². The standard InChI is InChI=1S/C20H25N7O3/c1-5-24(6-2)17-9-7-16(8-10-17)21-20(28)18-11-12-25(23-18)13-26-15(4)19(27(29)30)14(3)22-26/h7-12H,5-6,13H2,1-4H3,(H,21,28). The Morgan fingerprint density at radius 2 is 1.80 bits per heavy atom. The van der Waals surface area contributed by atoms with Gasteiger partial charge in [0.25, 0.3) is 5.91 Å². The summed E-state index contributed by atoms with van der Waals surface area (Å²) in [7, 11) is 0. The number of nitrogens with zero attached hydrogens (tertiary/aromatic N) is 6. The Labute approximate surface area is 174 Å². The van der Waals surface area contributed by atoms with E-state index in [0.717, 1.165) is 18.8 Å². The maximum absolute atomic E-state index is 12.5. The van der Waals surface area contributed by atoms with Crippen LogP contribution in [0, 0.1) is 24.0 Å². The zero-order chi connectivity index (χ0) is 21.8. The molecular weight excluding hydrogens is 386 g/mol. The predicted octanol–water partition coefficient (Wildman–Crippen LogP) is 3.21. The van der Waals surface area contributed by atoms with Gasteiger partial charge in [-0.1, -0.05) is 0 Å². The number of aryl methyl sites for hydroxylation is 1. The van der Waals surface area contributed by atoms with Gasteiger partial charge < -0.3 is 10.2 Å². The number of amides is 1. The van der Waals surface area contributed by atoms with Crippen molar-refractivity contribution in [3.8, 4) is 0 Å². The molecule has 0 saturated carbocycles. The van der Waals surface area contributed by atoms with Gasteiger partial charge in [-0.05, 0) is 58.0 Å². The molecule has 0 spiro atoms. The lowest BCUT2D eigenvalue weighted by molar-refractivity contribution is -0.386. The van der Waals surface area contributed by atoms with Gasteiger partial charge in [0.2, 0.25) is 0 Å². The molecule has 0 aliphatic heterocycles. The first kappa shape index (κ1) is 21.0. The zero-order valence-corrected chi connectivity index (χ0v) is 17.5. The molecule has 1 amide bonds. The summed E-state index contributed by atoms with van der Waals surface area (Å²) in [6, 6.07) is 9.25. The monoisotopic (exact) mass is 411 g/mol. The summed E-state index contributed by atoms with van der Waals surface area (Å²) in [5.74, 6) is -0.330. The first-order valence-electron chi connectivity index (χ1n) is 9.72. The highest BCUT2D eigenvalue weighted by molar-refractivity contribution is 6.02. The van der Waals surface area contributed by atoms with Gasteiger partial charge >= 0.3 is 5.69 Å². The highest BCUT2D eigenvalue weighted by Crippen LogP contribution is 2.22. The number of rotatable bonds is 8. The molecule has 3 aromatic rings. The smallest absolute Gasteiger partial charge is 0.312 e. The Morgan fingerprint density at radius 3 is 2.37 bits per heavy atom. The Bertz CT molecular complexity index is 1050. The van der Waals surface area contributed by atoms with E-state index in [1.54, 1.807) is 26.1 Å². The Balaban J connectivity index is 1.68. The van der Waals surface area contributed by atoms with Crippen molar-refractivity contribution in [1.29, 1.82) is 0 Å². The molecule has 0 unspecified atom stereocenters. The van der Waals surface area contributed by atoms with Gasteiger partial charge in [-0.3, -0.25) is 19.6 Å². The van der Waals surface area contributed by atoms with Crippen molar-refractivity contribution in [1.82, 2.24) is 19.6 Å². The van der Waals surface area contributed by atoms with Crippen molar-refractivity contribution < 1.29 is 9.72 Å². The van der Waals surface area contributed by atoms with E-state index in [1.807, 2.05) is 24.3 Å². The van der Waals surface area contributed by atoms with Crippen LogP contribution >= 0.6 is 0 Å². The fraction of sp³-hybridized carbons (Fsp3) is 0.350. The topological polar surface area (TPSA) is 111 Å². The third-order valence-electron chi connectivity index (χ3n) is 4.93. The van der Waals surface area contributed by atoms with Gasteiger partial charge in [0, 0.05) is 30.7 Å². The van der Waals surface area contributed by atoms with Crippen LogP contribution in [-0.4, -0.2) is 43.5 Å². The first-order chi connectivity index (χ1) is 14.3. The number of benzene rings is 1. The fourth-order valence-electron chi connectivity index (χ4n) is 3.33. The second-order valence-electron chi connectivity index (χ2n) is 6.83. The summed E-state index contributed by atoms with van der Waals surface area (Å²) in [6.45, 7) is 9.42. The lowest BCUT2D eigenvalue weighted by atomic mass is 10.2. The van der Waals surface area contributed by atoms with E-state index in [0.29, 0.717) is 17.1 Å². The second kappa shape index (κ2) is 8.76. The number of hydrogen-bond acceptors (Lipinski definition) is 6. The number of anilines is 2. The molecule has 2 heterocycles. The molecule has 10 nitrogen and oxygen atoms in total. The van der Waals surface area contributed by atoms with E-state index in [1.165, 1.54) is 9.36 Å². The van der Waals surface area contributed by atoms with Gasteiger partial charge in [0.1, 0.15) is 18.1 Å². The van der Waals surface area contributed by atoms with Crippen molar-refractivity contribution in [2.75, 3.05) is 23.3 Å². The molecule has 0 saturated heterocycles. The highest BCUT2D eigenvalue weighted by atomic mass is 16.6. The van der Waals surface area contributed by atoms with Crippen LogP contribution in [0.15, 0.2) is 36.5 Å². The number of carbonyl (C=O) groups excluding carboxylic acids is 1. The van der Waals surface area contributed by atoms with Gasteiger partial charge in [-0.15, -0.1) is 0 Å². The zero-order valence-electron chi connectivity index (χ0n) is 17.5. The third kappa shape index (κ3) is 4.32. The fourth-order valence-corrected chi connectivity index (χ4v) is 3.33. The molecule has 1 N–H and O–H groups in total. The average molecular weight is 411 g/mol. The van der Waals surface area contributed by atoms with E-state index in [9.17, 15) is 14.9 Å². The molecule has 0 radical (unpaired) electrons. The predicted molar refractivity (Wildman–Crippen MR) is 114 cm³/mol. The van der Waals surface area contributed by atoms with Crippen LogP contribution in [0.3, 0.4) is 0 Å². The maximum atomic E-state index is 12.5. The summed E-state index contributed by atoms with van der Waals surface area (Å²) < 4.78 is 3.01. The number of aromatic nitrogens is 4. The van der Waals surface area contributed by atoms with Crippen LogP contribution in [0.5, 0.6) is 0 Å². The lowest BCUT2D eigenvalue weighted by Gasteiger charge is -2.21. The molecule has 0 atom stereocenters. The number of nitro groups is 1. The molecule has 0 fully saturated rings. The summed E-state index contributed by atoms with van der Waals surface area (Å²) in [5.41, 5.74) is 2.80. The average Bonchev–Trinajstić information content (AvgIpc) is 3.28. The van der Waals surface area contributed by atoms with E-state index in [4.69, 9.17) is 0 Å². The van der Waals surface area contributed by atoms with Crippen molar-refractivity contribution in [3.63, 3.8) is 0 Å². The minimum Gasteiger partial charge on any atom is -0.372 e. The molecule has 0 bridgehead atoms. The largest absolute Gasteiger partial charge is 0.372 e. The highest BCUT2D eigenvalue weighted by Gasteiger charge is 2.22. The molecule has 10 heteroatoms. The van der Waals surface area contributed by atoms with Crippen LogP contribution in [0.2, 0.25) is 0 Å². The summed E-state index contributed by atoms with van der Waals surface area (Å²) in [6.07, 6.45) is 1.64. The van der Waals surface area contributed by atoms with Gasteiger partial charge in [0.05, 0.1) is 4.92 Å². The Kier molecular flexibility index (Phi) is 6.14. The van der Waals surface area contributed by atoms with Gasteiger partial charge in [-0.25, -0.2) is 4.68 Å². The molecule has 0 aliphatic rings. The third-order valence-corrected chi connectivity index (χ3v) is 4.93. The van der Waals surface area contributed by atoms with Crippen LogP contribution in [-0.2, 0) is 6.67 Å². The lowest BCUT2D eigenvalue weighted by Crippen LogP contribution is -2.21. The van der Waals surface area contributed by atoms with Crippen LogP contribution in [0.1, 0.15) is 35.7 Å². The summed E-state index contributed by atoms with van der Waals surface area (Å²) >= 11 is 0. The van der Waals surface area contributed by atoms with Crippen molar-refractivity contribution in [2.24, 2.45) is 0 Å².